The second kappa shape index (κ2) is 37.8. The molecule has 0 saturated carbocycles. The van der Waals surface area contributed by atoms with Crippen molar-refractivity contribution in [2.75, 3.05) is 39.6 Å². The van der Waals surface area contributed by atoms with Crippen LogP contribution >= 0.6 is 0 Å². The van der Waals surface area contributed by atoms with Crippen molar-refractivity contribution < 1.29 is 149 Å². The maximum Gasteiger partial charge on any atom is 0.364 e. The number of aliphatic carboxylic acids is 1. The second-order valence-electron chi connectivity index (χ2n) is 23.1. The smallest absolute Gasteiger partial charge is 0.364 e. The van der Waals surface area contributed by atoms with E-state index >= 15 is 0 Å². The highest BCUT2D eigenvalue weighted by Gasteiger charge is 2.62. The van der Waals surface area contributed by atoms with Crippen molar-refractivity contribution in [1.82, 2.24) is 16.8 Å². The zero-order valence-electron chi connectivity index (χ0n) is 50.4. The molecule has 5 aliphatic heterocycles. The van der Waals surface area contributed by atoms with E-state index in [-0.39, 0.29) is 6.15 Å². The Balaban J connectivity index is 0.0000169. The number of ether oxygens (including phenoxy) is 10. The number of hydrogen-bond donors (Lipinski definition) is 21. The quantitative estimate of drug-likeness (QED) is 0.0207. The molecule has 89 heavy (non-hydrogen) atoms. The summed E-state index contributed by atoms with van der Waals surface area (Å²) in [5, 5.41) is 190. The van der Waals surface area contributed by atoms with E-state index in [0.717, 1.165) is 39.5 Å². The SMILES string of the molecule is CCCCCCCCCCCCC/C=C/[C@@H](O)[C@@H](N)CO[C@@H]1O[C@H](CO)[C@@H](O[C@@H]2O[C@H](CO)[C@H](O[C@@H]3O[C@H](CO)[C@H](O)[C@H](O[C@@H]4O[C@H](CO)[C@H](O)[C@H](O)[C@H]4O)[C@H]3NC(C)=O)[C@H](O[C@]3(C(=O)O)C[C@H](O)[C@@H](NC(C)=O)[C@H]([C@H](O)[C@H](O)CO)O3)[C@H]2O)[C@H](O)[C@H]1O.N. The Bertz CT molecular complexity index is 2100. The van der Waals surface area contributed by atoms with Crippen LogP contribution in [0.5, 0.6) is 0 Å². The predicted molar refractivity (Wildman–Crippen MR) is 300 cm³/mol. The van der Waals surface area contributed by atoms with Gasteiger partial charge in [-0.1, -0.05) is 83.3 Å². The van der Waals surface area contributed by atoms with Gasteiger partial charge in [0.25, 0.3) is 5.79 Å². The van der Waals surface area contributed by atoms with Gasteiger partial charge >= 0.3 is 5.97 Å². The molecule has 0 radical (unpaired) electrons. The Labute approximate surface area is 514 Å². The molecule has 0 aromatic heterocycles. The fraction of sp³-hybridized carbons (Fsp3) is 0.909. The van der Waals surface area contributed by atoms with Crippen molar-refractivity contribution in [3.05, 3.63) is 12.2 Å². The van der Waals surface area contributed by atoms with Crippen molar-refractivity contribution in [2.24, 2.45) is 5.73 Å². The van der Waals surface area contributed by atoms with Gasteiger partial charge in [0, 0.05) is 20.3 Å². The largest absolute Gasteiger partial charge is 0.477 e. The summed E-state index contributed by atoms with van der Waals surface area (Å²) in [7, 11) is 0. The molecule has 5 saturated heterocycles. The van der Waals surface area contributed by atoms with Gasteiger partial charge in [0.1, 0.15) is 116 Å². The van der Waals surface area contributed by atoms with Crippen LogP contribution in [0, 0.1) is 0 Å². The highest BCUT2D eigenvalue weighted by Crippen LogP contribution is 2.41. The number of amides is 2. The number of carbonyl (C=O) groups excluding carboxylic acids is 2. The zero-order valence-corrected chi connectivity index (χ0v) is 50.4. The lowest BCUT2D eigenvalue weighted by molar-refractivity contribution is -0.403. The summed E-state index contributed by atoms with van der Waals surface area (Å²) >= 11 is 0. The Hall–Kier alpha value is -2.97. The van der Waals surface area contributed by atoms with Crippen molar-refractivity contribution in [1.29, 1.82) is 0 Å². The minimum Gasteiger partial charge on any atom is -0.477 e. The van der Waals surface area contributed by atoms with Gasteiger partial charge in [-0.2, -0.15) is 0 Å². The maximum atomic E-state index is 13.6. The Kier molecular flexibility index (Phi) is 33.3. The number of allylic oxidation sites excluding steroid dienone is 1. The van der Waals surface area contributed by atoms with Crippen LogP contribution in [-0.4, -0.2) is 315 Å². The fourth-order valence-electron chi connectivity index (χ4n) is 11.3. The second-order valence-corrected chi connectivity index (χ2v) is 23.1. The molecule has 28 atom stereocenters. The van der Waals surface area contributed by atoms with Crippen LogP contribution in [0.4, 0.5) is 0 Å². The number of nitrogens with one attached hydrogen (secondary N) is 2. The van der Waals surface area contributed by atoms with Crippen LogP contribution in [0.2, 0.25) is 0 Å². The predicted octanol–water partition coefficient (Wildman–Crippen LogP) is -7.30. The molecule has 0 bridgehead atoms. The third-order valence-electron chi connectivity index (χ3n) is 16.3. The summed E-state index contributed by atoms with van der Waals surface area (Å²) in [6, 6.07) is -4.71. The lowest BCUT2D eigenvalue weighted by Gasteiger charge is -2.52. The summed E-state index contributed by atoms with van der Waals surface area (Å²) in [6.45, 7) is -1.77. The van der Waals surface area contributed by atoms with E-state index in [0.29, 0.717) is 6.42 Å². The molecule has 0 aromatic carbocycles. The first kappa shape index (κ1) is 78.5. The maximum absolute atomic E-state index is 13.6. The monoisotopic (exact) mass is 1300 g/mol. The molecule has 5 heterocycles. The molecule has 0 unspecified atom stereocenters. The van der Waals surface area contributed by atoms with Crippen LogP contribution in [0.25, 0.3) is 0 Å². The number of aliphatic hydroxyl groups excluding tert-OH is 16. The van der Waals surface area contributed by atoms with Crippen molar-refractivity contribution >= 4 is 17.8 Å². The van der Waals surface area contributed by atoms with Gasteiger partial charge in [-0.05, 0) is 12.8 Å². The Morgan fingerprint density at radius 1 is 0.584 bits per heavy atom. The molecule has 520 valence electrons. The first-order chi connectivity index (χ1) is 41.8. The fourth-order valence-corrected chi connectivity index (χ4v) is 11.3. The Morgan fingerprint density at radius 2 is 1.07 bits per heavy atom. The van der Waals surface area contributed by atoms with Crippen LogP contribution in [0.15, 0.2) is 12.2 Å². The van der Waals surface area contributed by atoms with Gasteiger partial charge in [0.15, 0.2) is 25.2 Å². The van der Waals surface area contributed by atoms with E-state index in [4.69, 9.17) is 53.1 Å². The van der Waals surface area contributed by atoms with Crippen LogP contribution in [0.1, 0.15) is 104 Å². The first-order valence-corrected chi connectivity index (χ1v) is 30.1. The third-order valence-corrected chi connectivity index (χ3v) is 16.3. The standard InChI is InChI=1S/C55H97N3O30.H3N/c1-4-5-6-7-8-9-10-11-12-13-14-15-16-17-28(66)27(56)24-79-51-43(75)41(73)45(33(22-62)82-51)84-53-44(76)49(88-55(54(77)78)18-29(67)35(57-25(2)64)48(87-55)37(69)30(68)19-59)46(34(23-63)83-53)85-50-36(58-26(3)65)47(39(71)32(21-61)80-50)86-52-42(74)40(72)38(70)31(20-60)81-52;/h16-17,27-53,59-63,66-76H,4-15,18-24,56H2,1-3H3,(H,57,64)(H,58,65)(H,77,78);1H3/b17-16+;/t27-,28+,29-,30+,31+,32+,33+,34+,35+,36+,37+,38-,39-,40-,41+,42+,43+,44+,45+,46-,47+,48+,49+,50-,51+,52-,53-,55-;/m0./s1. The summed E-state index contributed by atoms with van der Waals surface area (Å²) in [6.07, 6.45) is -32.9. The van der Waals surface area contributed by atoms with Crippen LogP contribution < -0.4 is 22.5 Å². The number of unbranched alkanes of at least 4 members (excludes halogenated alkanes) is 11. The summed E-state index contributed by atoms with van der Waals surface area (Å²) in [5.74, 6) is -7.28. The number of rotatable bonds is 35. The molecule has 0 aromatic rings. The van der Waals surface area contributed by atoms with Gasteiger partial charge in [-0.15, -0.1) is 0 Å². The molecule has 34 nitrogen and oxygen atoms in total. The zero-order chi connectivity index (χ0) is 65.2. The molecule has 0 aliphatic carbocycles. The van der Waals surface area contributed by atoms with Crippen molar-refractivity contribution in [2.45, 2.75) is 275 Å². The summed E-state index contributed by atoms with van der Waals surface area (Å²) < 4.78 is 58.9. The third kappa shape index (κ3) is 20.8. The van der Waals surface area contributed by atoms with Gasteiger partial charge in [0.05, 0.1) is 63.9 Å². The van der Waals surface area contributed by atoms with Crippen molar-refractivity contribution in [3.8, 4) is 0 Å². The van der Waals surface area contributed by atoms with E-state index < -0.39 is 235 Å². The molecular formula is C55H100N4O30. The molecular weight excluding hydrogens is 1200 g/mol. The minimum absolute atomic E-state index is 0. The van der Waals surface area contributed by atoms with Gasteiger partial charge in [-0.25, -0.2) is 4.79 Å². The van der Waals surface area contributed by atoms with Crippen LogP contribution in [0.3, 0.4) is 0 Å². The van der Waals surface area contributed by atoms with Crippen LogP contribution in [-0.2, 0) is 61.8 Å². The molecule has 5 aliphatic rings. The number of nitrogens with two attached hydrogens (primary N) is 1. The number of carboxylic acid groups (broad SMARTS) is 1. The number of hydrogen-bond acceptors (Lipinski definition) is 31. The van der Waals surface area contributed by atoms with E-state index in [1.165, 1.54) is 51.0 Å². The number of aliphatic hydroxyl groups is 16. The lowest BCUT2D eigenvalue weighted by atomic mass is 9.88. The van der Waals surface area contributed by atoms with E-state index in [9.17, 15) is 101 Å². The van der Waals surface area contributed by atoms with Gasteiger partial charge in [-0.3, -0.25) is 9.59 Å². The van der Waals surface area contributed by atoms with E-state index in [1.807, 2.05) is 0 Å². The molecule has 2 amide bonds. The van der Waals surface area contributed by atoms with E-state index in [1.54, 1.807) is 6.08 Å². The molecule has 34 heteroatoms. The Morgan fingerprint density at radius 3 is 1.63 bits per heavy atom. The van der Waals surface area contributed by atoms with E-state index in [2.05, 4.69) is 17.6 Å². The number of carboxylic acids is 1. The van der Waals surface area contributed by atoms with Gasteiger partial charge in [0.2, 0.25) is 11.8 Å². The summed E-state index contributed by atoms with van der Waals surface area (Å²) in [4.78, 5) is 38.9. The minimum atomic E-state index is -3.36. The number of carbonyl (C=O) groups is 3. The topological polar surface area (TPSA) is 572 Å². The van der Waals surface area contributed by atoms with Gasteiger partial charge < -0.3 is 157 Å². The highest BCUT2D eigenvalue weighted by atomic mass is 16.8. The normalized spacial score (nSPS) is 39.1. The average molecular weight is 1300 g/mol. The average Bonchev–Trinajstić information content (AvgIpc) is 1.10. The highest BCUT2D eigenvalue weighted by molar-refractivity contribution is 5.76. The molecule has 0 spiro atoms. The summed E-state index contributed by atoms with van der Waals surface area (Å²) in [5.41, 5.74) is 6.20. The van der Waals surface area contributed by atoms with Crippen molar-refractivity contribution in [3.63, 3.8) is 0 Å². The lowest BCUT2D eigenvalue weighted by Crippen LogP contribution is -2.72. The molecule has 5 rings (SSSR count). The first-order valence-electron chi connectivity index (χ1n) is 30.1. The molecule has 24 N–H and O–H groups in total. The molecule has 5 fully saturated rings.